The Morgan fingerprint density at radius 3 is 2.41 bits per heavy atom. The van der Waals surface area contributed by atoms with Gasteiger partial charge in [0.05, 0.1) is 24.3 Å². The van der Waals surface area contributed by atoms with Gasteiger partial charge in [-0.2, -0.15) is 0 Å². The summed E-state index contributed by atoms with van der Waals surface area (Å²) in [6.07, 6.45) is 0.880. The number of aromatic nitrogens is 2. The first-order chi connectivity index (χ1) is 13.9. The van der Waals surface area contributed by atoms with Gasteiger partial charge in [0.15, 0.2) is 11.6 Å². The summed E-state index contributed by atoms with van der Waals surface area (Å²) in [7, 11) is -2.63. The molecule has 9 heteroatoms. The second kappa shape index (κ2) is 8.87. The molecular weight excluding hydrogens is 397 g/mol. The SMILES string of the molecule is CCCOc1ccc(-c2ccc(NS(=O)(=O)c3ccc(F)c(OC)c3)cc2)nn1. The summed E-state index contributed by atoms with van der Waals surface area (Å²) in [6.45, 7) is 2.58. The summed E-state index contributed by atoms with van der Waals surface area (Å²) in [6, 6.07) is 13.5. The first-order valence-corrected chi connectivity index (χ1v) is 10.3. The molecule has 152 valence electrons. The van der Waals surface area contributed by atoms with Crippen molar-refractivity contribution < 1.29 is 22.3 Å². The Hall–Kier alpha value is -3.20. The molecule has 0 aliphatic rings. The summed E-state index contributed by atoms with van der Waals surface area (Å²) in [5, 5.41) is 8.13. The number of nitrogens with zero attached hydrogens (tertiary/aromatic N) is 2. The minimum atomic E-state index is -3.90. The number of anilines is 1. The largest absolute Gasteiger partial charge is 0.494 e. The number of halogens is 1. The van der Waals surface area contributed by atoms with Gasteiger partial charge in [0.25, 0.3) is 10.0 Å². The Balaban J connectivity index is 1.74. The van der Waals surface area contributed by atoms with E-state index in [1.165, 1.54) is 13.2 Å². The molecule has 0 saturated heterocycles. The fraction of sp³-hybridized carbons (Fsp3) is 0.200. The zero-order valence-corrected chi connectivity index (χ0v) is 16.7. The number of hydrogen-bond donors (Lipinski definition) is 1. The van der Waals surface area contributed by atoms with E-state index in [1.54, 1.807) is 36.4 Å². The molecule has 0 bridgehead atoms. The maximum atomic E-state index is 13.5. The Morgan fingerprint density at radius 2 is 1.79 bits per heavy atom. The molecule has 3 rings (SSSR count). The molecule has 2 aromatic carbocycles. The second-order valence-corrected chi connectivity index (χ2v) is 7.77. The van der Waals surface area contributed by atoms with Crippen LogP contribution in [0.15, 0.2) is 59.5 Å². The predicted octanol–water partition coefficient (Wildman–Crippen LogP) is 3.88. The minimum Gasteiger partial charge on any atom is -0.494 e. The topological polar surface area (TPSA) is 90.4 Å². The van der Waals surface area contributed by atoms with Gasteiger partial charge in [0, 0.05) is 23.4 Å². The van der Waals surface area contributed by atoms with Gasteiger partial charge in [-0.05, 0) is 36.8 Å². The van der Waals surface area contributed by atoms with E-state index in [1.807, 2.05) is 6.92 Å². The number of hydrogen-bond acceptors (Lipinski definition) is 6. The van der Waals surface area contributed by atoms with Crippen LogP contribution in [0.2, 0.25) is 0 Å². The van der Waals surface area contributed by atoms with Crippen molar-refractivity contribution in [2.24, 2.45) is 0 Å². The zero-order valence-electron chi connectivity index (χ0n) is 15.9. The van der Waals surface area contributed by atoms with Gasteiger partial charge < -0.3 is 9.47 Å². The average Bonchev–Trinajstić information content (AvgIpc) is 2.73. The van der Waals surface area contributed by atoms with Crippen LogP contribution in [0.3, 0.4) is 0 Å². The smallest absolute Gasteiger partial charge is 0.262 e. The molecule has 0 unspecified atom stereocenters. The van der Waals surface area contributed by atoms with E-state index in [0.717, 1.165) is 24.1 Å². The van der Waals surface area contributed by atoms with Crippen LogP contribution in [0.5, 0.6) is 11.6 Å². The van der Waals surface area contributed by atoms with Crippen molar-refractivity contribution in [2.45, 2.75) is 18.2 Å². The van der Waals surface area contributed by atoms with E-state index in [2.05, 4.69) is 14.9 Å². The number of rotatable bonds is 8. The van der Waals surface area contributed by atoms with Gasteiger partial charge in [0.1, 0.15) is 0 Å². The molecule has 0 aliphatic heterocycles. The summed E-state index contributed by atoms with van der Waals surface area (Å²) in [5.74, 6) is -0.328. The maximum Gasteiger partial charge on any atom is 0.262 e. The van der Waals surface area contributed by atoms with Gasteiger partial charge >= 0.3 is 0 Å². The van der Waals surface area contributed by atoms with Crippen LogP contribution in [0.4, 0.5) is 10.1 Å². The number of sulfonamides is 1. The van der Waals surface area contributed by atoms with Crippen molar-refractivity contribution in [1.82, 2.24) is 10.2 Å². The van der Waals surface area contributed by atoms with Crippen LogP contribution in [0.25, 0.3) is 11.3 Å². The highest BCUT2D eigenvalue weighted by atomic mass is 32.2. The van der Waals surface area contributed by atoms with Crippen molar-refractivity contribution in [1.29, 1.82) is 0 Å². The maximum absolute atomic E-state index is 13.5. The minimum absolute atomic E-state index is 0.103. The molecule has 3 aromatic rings. The average molecular weight is 417 g/mol. The van der Waals surface area contributed by atoms with Crippen LogP contribution < -0.4 is 14.2 Å². The molecule has 1 heterocycles. The van der Waals surface area contributed by atoms with E-state index in [9.17, 15) is 12.8 Å². The Bertz CT molecular complexity index is 1070. The molecule has 7 nitrogen and oxygen atoms in total. The first kappa shape index (κ1) is 20.5. The molecule has 1 N–H and O–H groups in total. The zero-order chi connectivity index (χ0) is 20.9. The number of methoxy groups -OCH3 is 1. The Labute approximate surface area is 168 Å². The van der Waals surface area contributed by atoms with E-state index < -0.39 is 15.8 Å². The van der Waals surface area contributed by atoms with Crippen LogP contribution >= 0.6 is 0 Å². The van der Waals surface area contributed by atoms with Gasteiger partial charge in [-0.3, -0.25) is 4.72 Å². The van der Waals surface area contributed by atoms with Crippen molar-refractivity contribution in [3.63, 3.8) is 0 Å². The van der Waals surface area contributed by atoms with Gasteiger partial charge in [0.2, 0.25) is 5.88 Å². The second-order valence-electron chi connectivity index (χ2n) is 6.08. The standard InChI is InChI=1S/C20H20FN3O4S/c1-3-12-28-20-11-10-18(22-23-20)14-4-6-15(7-5-14)24-29(25,26)16-8-9-17(21)19(13-16)27-2/h4-11,13,24H,3,12H2,1-2H3. The normalized spacial score (nSPS) is 11.1. The molecule has 0 fully saturated rings. The van der Waals surface area contributed by atoms with E-state index >= 15 is 0 Å². The summed E-state index contributed by atoms with van der Waals surface area (Å²) < 4.78 is 51.3. The van der Waals surface area contributed by atoms with Crippen LogP contribution in [-0.2, 0) is 10.0 Å². The highest BCUT2D eigenvalue weighted by Crippen LogP contribution is 2.25. The quantitative estimate of drug-likeness (QED) is 0.598. The lowest BCUT2D eigenvalue weighted by atomic mass is 10.1. The molecule has 0 radical (unpaired) electrons. The molecule has 0 aliphatic carbocycles. The third-order valence-corrected chi connectivity index (χ3v) is 5.34. The molecule has 0 spiro atoms. The van der Waals surface area contributed by atoms with Crippen LogP contribution in [-0.4, -0.2) is 32.3 Å². The van der Waals surface area contributed by atoms with Crippen LogP contribution in [0, 0.1) is 5.82 Å². The number of nitrogens with one attached hydrogen (secondary N) is 1. The van der Waals surface area contributed by atoms with E-state index in [4.69, 9.17) is 9.47 Å². The summed E-state index contributed by atoms with van der Waals surface area (Å²) in [5.41, 5.74) is 1.75. The van der Waals surface area contributed by atoms with Crippen molar-refractivity contribution in [2.75, 3.05) is 18.4 Å². The lowest BCUT2D eigenvalue weighted by Crippen LogP contribution is -2.13. The molecular formula is C20H20FN3O4S. The number of benzene rings is 2. The predicted molar refractivity (Wildman–Crippen MR) is 107 cm³/mol. The van der Waals surface area contributed by atoms with Gasteiger partial charge in [-0.15, -0.1) is 10.2 Å². The molecule has 0 saturated carbocycles. The van der Waals surface area contributed by atoms with E-state index in [0.29, 0.717) is 23.9 Å². The lowest BCUT2D eigenvalue weighted by molar-refractivity contribution is 0.302. The number of ether oxygens (including phenoxy) is 2. The lowest BCUT2D eigenvalue weighted by Gasteiger charge is -2.10. The van der Waals surface area contributed by atoms with Crippen molar-refractivity contribution >= 4 is 15.7 Å². The summed E-state index contributed by atoms with van der Waals surface area (Å²) >= 11 is 0. The Kier molecular flexibility index (Phi) is 6.28. The highest BCUT2D eigenvalue weighted by Gasteiger charge is 2.17. The molecule has 0 atom stereocenters. The van der Waals surface area contributed by atoms with Gasteiger partial charge in [-0.25, -0.2) is 12.8 Å². The molecule has 29 heavy (non-hydrogen) atoms. The monoisotopic (exact) mass is 417 g/mol. The van der Waals surface area contributed by atoms with Crippen molar-refractivity contribution in [3.8, 4) is 22.9 Å². The fourth-order valence-electron chi connectivity index (χ4n) is 2.49. The van der Waals surface area contributed by atoms with Gasteiger partial charge in [-0.1, -0.05) is 19.1 Å². The summed E-state index contributed by atoms with van der Waals surface area (Å²) in [4.78, 5) is -0.103. The molecule has 1 aromatic heterocycles. The third kappa shape index (κ3) is 5.00. The van der Waals surface area contributed by atoms with Crippen LogP contribution in [0.1, 0.15) is 13.3 Å². The third-order valence-electron chi connectivity index (χ3n) is 3.96. The first-order valence-electron chi connectivity index (χ1n) is 8.86. The Morgan fingerprint density at radius 1 is 1.03 bits per heavy atom. The molecule has 0 amide bonds. The van der Waals surface area contributed by atoms with E-state index in [-0.39, 0.29) is 10.6 Å². The van der Waals surface area contributed by atoms with Crippen molar-refractivity contribution in [3.05, 3.63) is 60.4 Å². The fourth-order valence-corrected chi connectivity index (χ4v) is 3.56. The highest BCUT2D eigenvalue weighted by molar-refractivity contribution is 7.92.